The maximum absolute atomic E-state index is 10.7. The van der Waals surface area contributed by atoms with Crippen molar-refractivity contribution in [3.05, 3.63) is 35.5 Å². The highest BCUT2D eigenvalue weighted by Crippen LogP contribution is 2.33. The molecule has 0 heterocycles. The minimum atomic E-state index is 0.265. The van der Waals surface area contributed by atoms with Gasteiger partial charge in [0, 0.05) is 5.92 Å². The van der Waals surface area contributed by atoms with Gasteiger partial charge >= 0.3 is 0 Å². The average Bonchev–Trinajstić information content (AvgIpc) is 2.41. The number of allylic oxidation sites excluding steroid dienone is 6. The molecule has 0 aromatic carbocycles. The lowest BCUT2D eigenvalue weighted by atomic mass is 9.82. The summed E-state index contributed by atoms with van der Waals surface area (Å²) in [7, 11) is 0. The van der Waals surface area contributed by atoms with Gasteiger partial charge in [-0.25, -0.2) is 0 Å². The van der Waals surface area contributed by atoms with Crippen LogP contribution in [0.25, 0.3) is 0 Å². The standard InChI is InChI=1S/C12H14O/c13-9-10-6-7-11-4-2-1-3-5-12(11)8-10/h1-2,4-5,9-10H,3,6-8H2. The summed E-state index contributed by atoms with van der Waals surface area (Å²) in [4.78, 5) is 10.7. The SMILES string of the molecule is O=CC1CCC2=CC=CCC=C2C1. The first-order chi connectivity index (χ1) is 6.40. The van der Waals surface area contributed by atoms with E-state index in [4.69, 9.17) is 0 Å². The van der Waals surface area contributed by atoms with Crippen LogP contribution < -0.4 is 0 Å². The summed E-state index contributed by atoms with van der Waals surface area (Å²) >= 11 is 0. The molecule has 1 atom stereocenters. The Bertz CT molecular complexity index is 294. The van der Waals surface area contributed by atoms with Crippen molar-refractivity contribution in [1.29, 1.82) is 0 Å². The van der Waals surface area contributed by atoms with Crippen molar-refractivity contribution in [3.8, 4) is 0 Å². The van der Waals surface area contributed by atoms with Crippen LogP contribution in [0.1, 0.15) is 25.7 Å². The van der Waals surface area contributed by atoms with Crippen LogP contribution in [0.5, 0.6) is 0 Å². The molecule has 68 valence electrons. The van der Waals surface area contributed by atoms with E-state index in [9.17, 15) is 4.79 Å². The maximum atomic E-state index is 10.7. The van der Waals surface area contributed by atoms with Crippen molar-refractivity contribution in [1.82, 2.24) is 0 Å². The zero-order chi connectivity index (χ0) is 9.10. The fourth-order valence-corrected chi connectivity index (χ4v) is 2.01. The number of hydrogen-bond acceptors (Lipinski definition) is 1. The molecule has 1 nitrogen and oxygen atoms in total. The van der Waals surface area contributed by atoms with Crippen molar-refractivity contribution in [2.75, 3.05) is 0 Å². The molecule has 0 radical (unpaired) electrons. The normalized spacial score (nSPS) is 26.9. The van der Waals surface area contributed by atoms with Crippen LogP contribution in [-0.4, -0.2) is 6.29 Å². The molecule has 0 aliphatic heterocycles. The lowest BCUT2D eigenvalue weighted by molar-refractivity contribution is -0.111. The molecular weight excluding hydrogens is 160 g/mol. The van der Waals surface area contributed by atoms with E-state index < -0.39 is 0 Å². The zero-order valence-electron chi connectivity index (χ0n) is 7.70. The molecule has 0 saturated heterocycles. The van der Waals surface area contributed by atoms with Gasteiger partial charge in [0.05, 0.1) is 0 Å². The van der Waals surface area contributed by atoms with E-state index in [2.05, 4.69) is 24.3 Å². The number of fused-ring (bicyclic) bond motifs is 1. The molecule has 0 aromatic rings. The molecule has 0 spiro atoms. The highest BCUT2D eigenvalue weighted by Gasteiger charge is 2.19. The largest absolute Gasteiger partial charge is 0.303 e. The van der Waals surface area contributed by atoms with Crippen LogP contribution in [-0.2, 0) is 4.79 Å². The molecule has 1 fully saturated rings. The summed E-state index contributed by atoms with van der Waals surface area (Å²) in [5.74, 6) is 0.265. The first kappa shape index (κ1) is 8.49. The topological polar surface area (TPSA) is 17.1 Å². The van der Waals surface area contributed by atoms with Crippen LogP contribution in [0.3, 0.4) is 0 Å². The first-order valence-electron chi connectivity index (χ1n) is 4.90. The second-order valence-corrected chi connectivity index (χ2v) is 3.72. The van der Waals surface area contributed by atoms with Gasteiger partial charge in [-0.05, 0) is 36.8 Å². The summed E-state index contributed by atoms with van der Waals surface area (Å²) in [6.45, 7) is 0. The van der Waals surface area contributed by atoms with Gasteiger partial charge < -0.3 is 4.79 Å². The van der Waals surface area contributed by atoms with Crippen molar-refractivity contribution in [2.45, 2.75) is 25.7 Å². The number of hydrogen-bond donors (Lipinski definition) is 0. The minimum absolute atomic E-state index is 0.265. The van der Waals surface area contributed by atoms with E-state index in [1.165, 1.54) is 11.1 Å². The zero-order valence-corrected chi connectivity index (χ0v) is 7.70. The highest BCUT2D eigenvalue weighted by molar-refractivity contribution is 5.57. The third kappa shape index (κ3) is 1.80. The molecule has 2 rings (SSSR count). The Kier molecular flexibility index (Phi) is 2.44. The maximum Gasteiger partial charge on any atom is 0.123 e. The summed E-state index contributed by atoms with van der Waals surface area (Å²) in [5.41, 5.74) is 2.83. The molecule has 2 aliphatic carbocycles. The molecule has 1 saturated carbocycles. The predicted molar refractivity (Wildman–Crippen MR) is 53.3 cm³/mol. The second-order valence-electron chi connectivity index (χ2n) is 3.72. The number of carbonyl (C=O) groups excluding carboxylic acids is 1. The highest BCUT2D eigenvalue weighted by atomic mass is 16.1. The number of rotatable bonds is 1. The summed E-state index contributed by atoms with van der Waals surface area (Å²) in [5, 5.41) is 0. The molecular formula is C12H14O. The van der Waals surface area contributed by atoms with E-state index >= 15 is 0 Å². The van der Waals surface area contributed by atoms with Gasteiger partial charge in [0.2, 0.25) is 0 Å². The van der Waals surface area contributed by atoms with E-state index in [-0.39, 0.29) is 5.92 Å². The van der Waals surface area contributed by atoms with Crippen molar-refractivity contribution in [2.24, 2.45) is 5.92 Å². The van der Waals surface area contributed by atoms with Gasteiger partial charge in [0.25, 0.3) is 0 Å². The van der Waals surface area contributed by atoms with Gasteiger partial charge in [0.1, 0.15) is 6.29 Å². The molecule has 0 aromatic heterocycles. The lowest BCUT2D eigenvalue weighted by Gasteiger charge is -2.22. The Labute approximate surface area is 78.8 Å². The Balaban J connectivity index is 2.19. The van der Waals surface area contributed by atoms with Crippen molar-refractivity contribution >= 4 is 6.29 Å². The van der Waals surface area contributed by atoms with Gasteiger partial charge in [-0.15, -0.1) is 0 Å². The Morgan fingerprint density at radius 3 is 3.15 bits per heavy atom. The van der Waals surface area contributed by atoms with Gasteiger partial charge in [-0.3, -0.25) is 0 Å². The summed E-state index contributed by atoms with van der Waals surface area (Å²) in [6, 6.07) is 0. The van der Waals surface area contributed by atoms with Crippen LogP contribution in [0, 0.1) is 5.92 Å². The predicted octanol–water partition coefficient (Wildman–Crippen LogP) is 2.80. The summed E-state index contributed by atoms with van der Waals surface area (Å²) in [6.07, 6.45) is 13.9. The third-order valence-corrected chi connectivity index (χ3v) is 2.81. The van der Waals surface area contributed by atoms with E-state index in [1.54, 1.807) is 0 Å². The molecule has 0 amide bonds. The molecule has 0 bridgehead atoms. The Morgan fingerprint density at radius 1 is 1.38 bits per heavy atom. The van der Waals surface area contributed by atoms with Gasteiger partial charge in [-0.2, -0.15) is 0 Å². The van der Waals surface area contributed by atoms with Crippen LogP contribution in [0.4, 0.5) is 0 Å². The Morgan fingerprint density at radius 2 is 2.31 bits per heavy atom. The quantitative estimate of drug-likeness (QED) is 0.559. The monoisotopic (exact) mass is 174 g/mol. The average molecular weight is 174 g/mol. The molecule has 0 N–H and O–H groups in total. The number of aldehydes is 1. The number of carbonyl (C=O) groups is 1. The first-order valence-corrected chi connectivity index (χ1v) is 4.90. The van der Waals surface area contributed by atoms with Crippen LogP contribution >= 0.6 is 0 Å². The van der Waals surface area contributed by atoms with Gasteiger partial charge in [-0.1, -0.05) is 24.3 Å². The second kappa shape index (κ2) is 3.73. The van der Waals surface area contributed by atoms with Crippen molar-refractivity contribution in [3.63, 3.8) is 0 Å². The summed E-state index contributed by atoms with van der Waals surface area (Å²) < 4.78 is 0. The fraction of sp³-hybridized carbons (Fsp3) is 0.417. The van der Waals surface area contributed by atoms with E-state index in [0.29, 0.717) is 0 Å². The van der Waals surface area contributed by atoms with Crippen molar-refractivity contribution < 1.29 is 4.79 Å². The third-order valence-electron chi connectivity index (χ3n) is 2.81. The van der Waals surface area contributed by atoms with E-state index in [0.717, 1.165) is 32.0 Å². The molecule has 1 unspecified atom stereocenters. The minimum Gasteiger partial charge on any atom is -0.303 e. The fourth-order valence-electron chi connectivity index (χ4n) is 2.01. The molecule has 13 heavy (non-hydrogen) atoms. The van der Waals surface area contributed by atoms with Crippen LogP contribution in [0.15, 0.2) is 35.5 Å². The molecule has 2 aliphatic rings. The molecule has 1 heteroatoms. The lowest BCUT2D eigenvalue weighted by Crippen LogP contribution is -2.11. The Hall–Kier alpha value is -1.11. The van der Waals surface area contributed by atoms with Gasteiger partial charge in [0.15, 0.2) is 0 Å². The van der Waals surface area contributed by atoms with E-state index in [1.807, 2.05) is 0 Å². The van der Waals surface area contributed by atoms with Crippen LogP contribution in [0.2, 0.25) is 0 Å². The smallest absolute Gasteiger partial charge is 0.123 e.